The van der Waals surface area contributed by atoms with Crippen molar-refractivity contribution in [2.75, 3.05) is 12.4 Å². The molecule has 2 amide bonds. The van der Waals surface area contributed by atoms with E-state index >= 15 is 0 Å². The molecule has 1 atom stereocenters. The summed E-state index contributed by atoms with van der Waals surface area (Å²) in [4.78, 5) is 13.3. The maximum absolute atomic E-state index is 12.1. The van der Waals surface area contributed by atoms with Crippen molar-refractivity contribution in [1.29, 1.82) is 0 Å². The van der Waals surface area contributed by atoms with Crippen LogP contribution in [-0.2, 0) is 5.72 Å². The van der Waals surface area contributed by atoms with Crippen LogP contribution in [-0.4, -0.2) is 23.1 Å². The molecule has 0 fully saturated rings. The monoisotopic (exact) mass is 288 g/mol. The number of hydrogen-bond acceptors (Lipinski definition) is 2. The summed E-state index contributed by atoms with van der Waals surface area (Å²) >= 11 is 6.03. The molecular formula is C15H13ClN2O2. The lowest BCUT2D eigenvalue weighted by Crippen LogP contribution is -2.53. The number of nitrogens with zero attached hydrogens (tertiary/aromatic N) is 1. The van der Waals surface area contributed by atoms with Crippen LogP contribution in [0.4, 0.5) is 10.5 Å². The van der Waals surface area contributed by atoms with E-state index in [1.165, 1.54) is 4.90 Å². The van der Waals surface area contributed by atoms with Crippen LogP contribution >= 0.6 is 11.6 Å². The first-order valence-electron chi connectivity index (χ1n) is 6.16. The van der Waals surface area contributed by atoms with Crippen molar-refractivity contribution in [3.8, 4) is 0 Å². The third kappa shape index (κ3) is 1.77. The zero-order valence-corrected chi connectivity index (χ0v) is 11.6. The summed E-state index contributed by atoms with van der Waals surface area (Å²) in [6.45, 7) is 0. The topological polar surface area (TPSA) is 52.6 Å². The Kier molecular flexibility index (Phi) is 2.92. The highest BCUT2D eigenvalue weighted by molar-refractivity contribution is 6.30. The van der Waals surface area contributed by atoms with Crippen LogP contribution in [0.25, 0.3) is 0 Å². The number of carbonyl (C=O) groups excluding carboxylic acids is 1. The van der Waals surface area contributed by atoms with Crippen molar-refractivity contribution in [3.63, 3.8) is 0 Å². The fraction of sp³-hybridized carbons (Fsp3) is 0.133. The minimum Gasteiger partial charge on any atom is -0.363 e. The molecule has 2 aromatic carbocycles. The summed E-state index contributed by atoms with van der Waals surface area (Å²) < 4.78 is 0. The van der Waals surface area contributed by atoms with Gasteiger partial charge in [0, 0.05) is 23.2 Å². The molecule has 102 valence electrons. The van der Waals surface area contributed by atoms with Gasteiger partial charge in [-0.05, 0) is 18.2 Å². The number of halogens is 1. The molecule has 0 aliphatic carbocycles. The summed E-state index contributed by atoms with van der Waals surface area (Å²) in [5, 5.41) is 14.4. The van der Waals surface area contributed by atoms with Crippen LogP contribution in [0.2, 0.25) is 5.02 Å². The van der Waals surface area contributed by atoms with Gasteiger partial charge in [0.25, 0.3) is 0 Å². The van der Waals surface area contributed by atoms with Crippen molar-refractivity contribution in [2.45, 2.75) is 5.72 Å². The molecule has 5 heteroatoms. The molecule has 0 saturated heterocycles. The second-order valence-corrected chi connectivity index (χ2v) is 5.15. The number of rotatable bonds is 1. The van der Waals surface area contributed by atoms with Crippen molar-refractivity contribution >= 4 is 23.3 Å². The lowest BCUT2D eigenvalue weighted by atomic mass is 9.90. The van der Waals surface area contributed by atoms with Crippen molar-refractivity contribution in [1.82, 2.24) is 4.90 Å². The molecule has 0 bridgehead atoms. The SMILES string of the molecule is CN1C(=O)Nc2ccc(Cl)cc2C1(O)c1ccccc1. The minimum atomic E-state index is -1.54. The number of fused-ring (bicyclic) bond motifs is 1. The van der Waals surface area contributed by atoms with Gasteiger partial charge < -0.3 is 10.4 Å². The van der Waals surface area contributed by atoms with Crippen LogP contribution < -0.4 is 5.32 Å². The Labute approximate surface area is 121 Å². The summed E-state index contributed by atoms with van der Waals surface area (Å²) in [5.41, 5.74) is 0.187. The first-order valence-corrected chi connectivity index (χ1v) is 6.54. The molecular weight excluding hydrogens is 276 g/mol. The van der Waals surface area contributed by atoms with Gasteiger partial charge in [-0.1, -0.05) is 41.9 Å². The number of amides is 2. The second-order valence-electron chi connectivity index (χ2n) is 4.72. The lowest BCUT2D eigenvalue weighted by Gasteiger charge is -2.42. The summed E-state index contributed by atoms with van der Waals surface area (Å²) in [7, 11) is 1.55. The van der Waals surface area contributed by atoms with Crippen molar-refractivity contribution in [2.24, 2.45) is 0 Å². The number of carbonyl (C=O) groups is 1. The van der Waals surface area contributed by atoms with Crippen LogP contribution in [0.5, 0.6) is 0 Å². The predicted molar refractivity (Wildman–Crippen MR) is 77.7 cm³/mol. The van der Waals surface area contributed by atoms with Crippen LogP contribution in [0.1, 0.15) is 11.1 Å². The number of urea groups is 1. The van der Waals surface area contributed by atoms with E-state index in [2.05, 4.69) is 5.32 Å². The highest BCUT2D eigenvalue weighted by Gasteiger charge is 2.44. The van der Waals surface area contributed by atoms with Gasteiger partial charge in [-0.25, -0.2) is 4.79 Å². The molecule has 1 aliphatic heterocycles. The Morgan fingerprint density at radius 3 is 2.60 bits per heavy atom. The molecule has 4 nitrogen and oxygen atoms in total. The number of nitrogens with one attached hydrogen (secondary N) is 1. The Balaban J connectivity index is 2.28. The molecule has 0 saturated carbocycles. The van der Waals surface area contributed by atoms with Gasteiger partial charge in [-0.15, -0.1) is 0 Å². The highest BCUT2D eigenvalue weighted by atomic mass is 35.5. The standard InChI is InChI=1S/C15H13ClN2O2/c1-18-14(19)17-13-8-7-11(16)9-12(13)15(18,20)10-5-3-2-4-6-10/h2-9,20H,1H3,(H,17,19). The first kappa shape index (κ1) is 13.0. The van der Waals surface area contributed by atoms with E-state index in [1.54, 1.807) is 37.4 Å². The molecule has 1 unspecified atom stereocenters. The molecule has 1 aliphatic rings. The molecule has 0 aromatic heterocycles. The van der Waals surface area contributed by atoms with Gasteiger partial charge in [0.2, 0.25) is 0 Å². The Bertz CT molecular complexity index is 675. The van der Waals surface area contributed by atoms with E-state index in [1.807, 2.05) is 18.2 Å². The quantitative estimate of drug-likeness (QED) is 0.847. The second kappa shape index (κ2) is 4.51. The zero-order chi connectivity index (χ0) is 14.3. The number of hydrogen-bond donors (Lipinski definition) is 2. The van der Waals surface area contributed by atoms with Crippen molar-refractivity contribution in [3.05, 3.63) is 64.7 Å². The maximum atomic E-state index is 12.1. The molecule has 0 radical (unpaired) electrons. The third-order valence-electron chi connectivity index (χ3n) is 3.57. The summed E-state index contributed by atoms with van der Waals surface area (Å²) in [6, 6.07) is 13.7. The summed E-state index contributed by atoms with van der Waals surface area (Å²) in [6.07, 6.45) is 0. The van der Waals surface area contributed by atoms with Crippen LogP contribution in [0.3, 0.4) is 0 Å². The normalized spacial score (nSPS) is 21.4. The largest absolute Gasteiger partial charge is 0.363 e. The maximum Gasteiger partial charge on any atom is 0.324 e. The molecule has 1 heterocycles. The Morgan fingerprint density at radius 2 is 1.90 bits per heavy atom. The summed E-state index contributed by atoms with van der Waals surface area (Å²) in [5.74, 6) is 0. The van der Waals surface area contributed by atoms with Gasteiger partial charge in [-0.3, -0.25) is 4.90 Å². The van der Waals surface area contributed by atoms with E-state index in [0.717, 1.165) is 0 Å². The van der Waals surface area contributed by atoms with Gasteiger partial charge in [0.1, 0.15) is 0 Å². The number of benzene rings is 2. The van der Waals surface area contributed by atoms with Gasteiger partial charge in [-0.2, -0.15) is 0 Å². The molecule has 3 rings (SSSR count). The zero-order valence-electron chi connectivity index (χ0n) is 10.8. The number of anilines is 1. The average Bonchev–Trinajstić information content (AvgIpc) is 2.47. The van der Waals surface area contributed by atoms with Gasteiger partial charge >= 0.3 is 6.03 Å². The Morgan fingerprint density at radius 1 is 1.20 bits per heavy atom. The van der Waals surface area contributed by atoms with Crippen LogP contribution in [0.15, 0.2) is 48.5 Å². The van der Waals surface area contributed by atoms with E-state index < -0.39 is 5.72 Å². The van der Waals surface area contributed by atoms with Gasteiger partial charge in [0.05, 0.1) is 5.69 Å². The average molecular weight is 289 g/mol. The molecule has 2 aromatic rings. The predicted octanol–water partition coefficient (Wildman–Crippen LogP) is 3.01. The fourth-order valence-corrected chi connectivity index (χ4v) is 2.63. The highest BCUT2D eigenvalue weighted by Crippen LogP contribution is 2.41. The first-order chi connectivity index (χ1) is 9.53. The van der Waals surface area contributed by atoms with E-state index in [4.69, 9.17) is 11.6 Å². The van der Waals surface area contributed by atoms with Crippen molar-refractivity contribution < 1.29 is 9.90 Å². The minimum absolute atomic E-state index is 0.369. The van der Waals surface area contributed by atoms with Crippen LogP contribution in [0, 0.1) is 0 Å². The van der Waals surface area contributed by atoms with E-state index in [-0.39, 0.29) is 6.03 Å². The smallest absolute Gasteiger partial charge is 0.324 e. The van der Waals surface area contributed by atoms with Gasteiger partial charge in [0.15, 0.2) is 5.72 Å². The lowest BCUT2D eigenvalue weighted by molar-refractivity contribution is -0.0382. The van der Waals surface area contributed by atoms with E-state index in [0.29, 0.717) is 21.8 Å². The molecule has 2 N–H and O–H groups in total. The Hall–Kier alpha value is -2.04. The molecule has 20 heavy (non-hydrogen) atoms. The number of aliphatic hydroxyl groups is 1. The third-order valence-corrected chi connectivity index (χ3v) is 3.80. The van der Waals surface area contributed by atoms with E-state index in [9.17, 15) is 9.90 Å². The molecule has 0 spiro atoms. The fourth-order valence-electron chi connectivity index (χ4n) is 2.46.